The molecular formula is C13H17NO3. The number of morpholine rings is 1. The van der Waals surface area contributed by atoms with E-state index in [9.17, 15) is 9.90 Å². The summed E-state index contributed by atoms with van der Waals surface area (Å²) in [6.07, 6.45) is 0. The minimum atomic E-state index is -0.876. The van der Waals surface area contributed by atoms with Crippen molar-refractivity contribution in [1.29, 1.82) is 0 Å². The van der Waals surface area contributed by atoms with Crippen molar-refractivity contribution in [3.05, 3.63) is 29.3 Å². The molecule has 92 valence electrons. The largest absolute Gasteiger partial charge is 0.478 e. The molecule has 1 aliphatic rings. The zero-order valence-corrected chi connectivity index (χ0v) is 10.1. The van der Waals surface area contributed by atoms with Gasteiger partial charge in [-0.25, -0.2) is 4.79 Å². The molecule has 1 saturated heterocycles. The van der Waals surface area contributed by atoms with Crippen LogP contribution < -0.4 is 4.90 Å². The van der Waals surface area contributed by atoms with E-state index in [2.05, 4.69) is 4.90 Å². The summed E-state index contributed by atoms with van der Waals surface area (Å²) in [5.41, 5.74) is 2.24. The van der Waals surface area contributed by atoms with Gasteiger partial charge >= 0.3 is 5.97 Å². The molecule has 0 amide bonds. The molecule has 1 heterocycles. The molecule has 1 N–H and O–H groups in total. The second-order valence-electron chi connectivity index (χ2n) is 4.44. The highest BCUT2D eigenvalue weighted by Crippen LogP contribution is 2.25. The molecule has 1 atom stereocenters. The summed E-state index contributed by atoms with van der Waals surface area (Å²) in [5.74, 6) is -0.876. The van der Waals surface area contributed by atoms with Gasteiger partial charge in [0.05, 0.1) is 24.5 Å². The highest BCUT2D eigenvalue weighted by atomic mass is 16.5. The van der Waals surface area contributed by atoms with Gasteiger partial charge in [-0.05, 0) is 31.5 Å². The van der Waals surface area contributed by atoms with Crippen LogP contribution >= 0.6 is 0 Å². The van der Waals surface area contributed by atoms with Gasteiger partial charge in [-0.3, -0.25) is 0 Å². The summed E-state index contributed by atoms with van der Waals surface area (Å²) in [6, 6.07) is 5.65. The first-order valence-corrected chi connectivity index (χ1v) is 5.78. The molecule has 4 heteroatoms. The molecule has 1 aliphatic heterocycles. The van der Waals surface area contributed by atoms with Gasteiger partial charge in [0, 0.05) is 12.6 Å². The number of anilines is 1. The first-order valence-electron chi connectivity index (χ1n) is 5.78. The summed E-state index contributed by atoms with van der Waals surface area (Å²) in [7, 11) is 0. The van der Waals surface area contributed by atoms with Gasteiger partial charge in [-0.2, -0.15) is 0 Å². The first-order chi connectivity index (χ1) is 8.09. The standard InChI is InChI=1S/C13H17NO3/c1-9-3-4-11(13(15)16)12(7-9)14-5-6-17-8-10(14)2/h3-4,7,10H,5-6,8H2,1-2H3,(H,15,16). The van der Waals surface area contributed by atoms with Crippen LogP contribution in [0.25, 0.3) is 0 Å². The summed E-state index contributed by atoms with van der Waals surface area (Å²) in [6.45, 7) is 6.06. The number of ether oxygens (including phenoxy) is 1. The van der Waals surface area contributed by atoms with Crippen molar-refractivity contribution in [1.82, 2.24) is 0 Å². The Hall–Kier alpha value is -1.55. The van der Waals surface area contributed by atoms with E-state index < -0.39 is 5.97 Å². The third kappa shape index (κ3) is 2.42. The lowest BCUT2D eigenvalue weighted by atomic mass is 10.1. The van der Waals surface area contributed by atoms with E-state index in [1.807, 2.05) is 26.0 Å². The average molecular weight is 235 g/mol. The maximum atomic E-state index is 11.2. The van der Waals surface area contributed by atoms with Crippen molar-refractivity contribution >= 4 is 11.7 Å². The van der Waals surface area contributed by atoms with Gasteiger partial charge in [-0.1, -0.05) is 6.07 Å². The van der Waals surface area contributed by atoms with Crippen LogP contribution in [0.3, 0.4) is 0 Å². The summed E-state index contributed by atoms with van der Waals surface area (Å²) in [5, 5.41) is 9.22. The molecule has 1 aromatic rings. The number of hydrogen-bond acceptors (Lipinski definition) is 3. The second-order valence-corrected chi connectivity index (χ2v) is 4.44. The van der Waals surface area contributed by atoms with Crippen LogP contribution in [0.5, 0.6) is 0 Å². The van der Waals surface area contributed by atoms with Crippen LogP contribution in [0.2, 0.25) is 0 Å². The number of carboxylic acid groups (broad SMARTS) is 1. The van der Waals surface area contributed by atoms with Gasteiger partial charge in [0.2, 0.25) is 0 Å². The Bertz CT molecular complexity index is 431. The average Bonchev–Trinajstić information content (AvgIpc) is 2.29. The monoisotopic (exact) mass is 235 g/mol. The predicted molar refractivity (Wildman–Crippen MR) is 65.8 cm³/mol. The molecule has 0 radical (unpaired) electrons. The summed E-state index contributed by atoms with van der Waals surface area (Å²) < 4.78 is 5.37. The highest BCUT2D eigenvalue weighted by Gasteiger charge is 2.23. The summed E-state index contributed by atoms with van der Waals surface area (Å²) >= 11 is 0. The lowest BCUT2D eigenvalue weighted by Gasteiger charge is -2.36. The first kappa shape index (κ1) is 11.9. The minimum absolute atomic E-state index is 0.212. The Kier molecular flexibility index (Phi) is 3.33. The Morgan fingerprint density at radius 1 is 1.53 bits per heavy atom. The molecule has 0 aromatic heterocycles. The van der Waals surface area contributed by atoms with Gasteiger partial charge in [0.15, 0.2) is 0 Å². The number of aryl methyl sites for hydroxylation is 1. The third-order valence-electron chi connectivity index (χ3n) is 3.06. The normalized spacial score (nSPS) is 20.4. The number of aromatic carboxylic acids is 1. The number of nitrogens with zero attached hydrogens (tertiary/aromatic N) is 1. The fourth-order valence-corrected chi connectivity index (χ4v) is 2.15. The maximum Gasteiger partial charge on any atom is 0.337 e. The lowest BCUT2D eigenvalue weighted by molar-refractivity contribution is 0.0695. The smallest absolute Gasteiger partial charge is 0.337 e. The van der Waals surface area contributed by atoms with Crippen molar-refractivity contribution in [2.45, 2.75) is 19.9 Å². The number of hydrogen-bond donors (Lipinski definition) is 1. The molecule has 0 bridgehead atoms. The molecule has 0 spiro atoms. The van der Waals surface area contributed by atoms with E-state index in [0.717, 1.165) is 17.8 Å². The Balaban J connectivity index is 2.41. The molecule has 1 unspecified atom stereocenters. The Morgan fingerprint density at radius 2 is 2.29 bits per heavy atom. The van der Waals surface area contributed by atoms with E-state index >= 15 is 0 Å². The summed E-state index contributed by atoms with van der Waals surface area (Å²) in [4.78, 5) is 13.3. The van der Waals surface area contributed by atoms with Crippen LogP contribution in [0.4, 0.5) is 5.69 Å². The molecule has 4 nitrogen and oxygen atoms in total. The van der Waals surface area contributed by atoms with Crippen LogP contribution in [-0.2, 0) is 4.74 Å². The van der Waals surface area contributed by atoms with E-state index in [1.165, 1.54) is 0 Å². The Morgan fingerprint density at radius 3 is 2.94 bits per heavy atom. The quantitative estimate of drug-likeness (QED) is 0.850. The van der Waals surface area contributed by atoms with Crippen LogP contribution in [-0.4, -0.2) is 36.9 Å². The maximum absolute atomic E-state index is 11.2. The molecule has 1 fully saturated rings. The van der Waals surface area contributed by atoms with Crippen molar-refractivity contribution in [3.63, 3.8) is 0 Å². The molecule has 1 aromatic carbocycles. The topological polar surface area (TPSA) is 49.8 Å². The van der Waals surface area contributed by atoms with Crippen LogP contribution in [0.1, 0.15) is 22.8 Å². The fraction of sp³-hybridized carbons (Fsp3) is 0.462. The molecular weight excluding hydrogens is 218 g/mol. The van der Waals surface area contributed by atoms with Gasteiger partial charge in [0.25, 0.3) is 0 Å². The lowest BCUT2D eigenvalue weighted by Crippen LogP contribution is -2.44. The van der Waals surface area contributed by atoms with Gasteiger partial charge < -0.3 is 14.7 Å². The zero-order chi connectivity index (χ0) is 12.4. The van der Waals surface area contributed by atoms with Crippen LogP contribution in [0, 0.1) is 6.92 Å². The van der Waals surface area contributed by atoms with Crippen LogP contribution in [0.15, 0.2) is 18.2 Å². The predicted octanol–water partition coefficient (Wildman–Crippen LogP) is 1.92. The number of carbonyl (C=O) groups is 1. The van der Waals surface area contributed by atoms with Crippen molar-refractivity contribution in [2.24, 2.45) is 0 Å². The molecule has 17 heavy (non-hydrogen) atoms. The van der Waals surface area contributed by atoms with E-state index in [0.29, 0.717) is 18.8 Å². The minimum Gasteiger partial charge on any atom is -0.478 e. The third-order valence-corrected chi connectivity index (χ3v) is 3.06. The molecule has 0 aliphatic carbocycles. The molecule has 2 rings (SSSR count). The highest BCUT2D eigenvalue weighted by molar-refractivity contribution is 5.94. The van der Waals surface area contributed by atoms with Crippen molar-refractivity contribution in [3.8, 4) is 0 Å². The SMILES string of the molecule is Cc1ccc(C(=O)O)c(N2CCOCC2C)c1. The van der Waals surface area contributed by atoms with E-state index in [-0.39, 0.29) is 6.04 Å². The van der Waals surface area contributed by atoms with Gasteiger partial charge in [0.1, 0.15) is 0 Å². The molecule has 0 saturated carbocycles. The zero-order valence-electron chi connectivity index (χ0n) is 10.1. The number of carboxylic acids is 1. The van der Waals surface area contributed by atoms with E-state index in [1.54, 1.807) is 6.07 Å². The van der Waals surface area contributed by atoms with Gasteiger partial charge in [-0.15, -0.1) is 0 Å². The van der Waals surface area contributed by atoms with Crippen molar-refractivity contribution < 1.29 is 14.6 Å². The van der Waals surface area contributed by atoms with Crippen molar-refractivity contribution in [2.75, 3.05) is 24.7 Å². The number of rotatable bonds is 2. The van der Waals surface area contributed by atoms with E-state index in [4.69, 9.17) is 4.74 Å². The Labute approximate surface area is 101 Å². The number of benzene rings is 1. The second kappa shape index (κ2) is 4.75. The fourth-order valence-electron chi connectivity index (χ4n) is 2.15.